The molecular formula is C21H17FO2S. The Morgan fingerprint density at radius 2 is 1.76 bits per heavy atom. The van der Waals surface area contributed by atoms with Gasteiger partial charge in [0.15, 0.2) is 0 Å². The van der Waals surface area contributed by atoms with E-state index >= 15 is 0 Å². The highest BCUT2D eigenvalue weighted by Gasteiger charge is 2.09. The first-order valence-electron chi connectivity index (χ1n) is 7.77. The fourth-order valence-electron chi connectivity index (χ4n) is 2.56. The van der Waals surface area contributed by atoms with Crippen molar-refractivity contribution in [3.05, 3.63) is 92.9 Å². The Bertz CT molecular complexity index is 910. The Balaban J connectivity index is 2.04. The van der Waals surface area contributed by atoms with Gasteiger partial charge in [-0.2, -0.15) is 11.3 Å². The summed E-state index contributed by atoms with van der Waals surface area (Å²) >= 11 is 1.61. The molecule has 0 atom stereocenters. The average Bonchev–Trinajstić information content (AvgIpc) is 3.16. The van der Waals surface area contributed by atoms with Crippen LogP contribution in [-0.2, 0) is 4.74 Å². The molecule has 3 rings (SSSR count). The van der Waals surface area contributed by atoms with Crippen LogP contribution in [0.4, 0.5) is 4.39 Å². The summed E-state index contributed by atoms with van der Waals surface area (Å²) in [7, 11) is 1.36. The molecule has 1 aromatic heterocycles. The average molecular weight is 352 g/mol. The molecule has 0 aliphatic heterocycles. The number of ether oxygens (including phenoxy) is 1. The van der Waals surface area contributed by atoms with E-state index < -0.39 is 0 Å². The Kier molecular flexibility index (Phi) is 5.10. The Morgan fingerprint density at radius 3 is 2.36 bits per heavy atom. The predicted octanol–water partition coefficient (Wildman–Crippen LogP) is 5.57. The van der Waals surface area contributed by atoms with E-state index in [0.717, 1.165) is 22.3 Å². The van der Waals surface area contributed by atoms with Crippen molar-refractivity contribution in [2.24, 2.45) is 0 Å². The summed E-state index contributed by atoms with van der Waals surface area (Å²) in [6.07, 6.45) is 2.04. The van der Waals surface area contributed by atoms with Crippen molar-refractivity contribution in [1.29, 1.82) is 0 Å². The summed E-state index contributed by atoms with van der Waals surface area (Å²) in [6.45, 7) is 1.76. The zero-order valence-electron chi connectivity index (χ0n) is 14.0. The monoisotopic (exact) mass is 352 g/mol. The molecule has 0 amide bonds. The number of hydrogen-bond acceptors (Lipinski definition) is 3. The first kappa shape index (κ1) is 17.1. The molecule has 0 N–H and O–H groups in total. The molecular weight excluding hydrogens is 335 g/mol. The molecule has 1 heterocycles. The minimum absolute atomic E-state index is 0.212. The molecule has 0 spiro atoms. The van der Waals surface area contributed by atoms with Gasteiger partial charge in [0, 0.05) is 0 Å². The van der Waals surface area contributed by atoms with Crippen LogP contribution in [0.1, 0.15) is 32.6 Å². The van der Waals surface area contributed by atoms with Crippen LogP contribution < -0.4 is 0 Å². The number of halogens is 1. The molecule has 0 fully saturated rings. The molecule has 25 heavy (non-hydrogen) atoms. The fraction of sp³-hybridized carbons (Fsp3) is 0.0952. The minimum atomic E-state index is -0.359. The van der Waals surface area contributed by atoms with Crippen molar-refractivity contribution >= 4 is 29.0 Å². The molecule has 0 aliphatic rings. The van der Waals surface area contributed by atoms with Gasteiger partial charge in [-0.15, -0.1) is 0 Å². The predicted molar refractivity (Wildman–Crippen MR) is 100 cm³/mol. The Morgan fingerprint density at radius 1 is 1.04 bits per heavy atom. The zero-order valence-corrected chi connectivity index (χ0v) is 14.8. The van der Waals surface area contributed by atoms with Gasteiger partial charge in [0.05, 0.1) is 12.7 Å². The molecule has 3 aromatic rings. The summed E-state index contributed by atoms with van der Waals surface area (Å²) in [4.78, 5) is 11.6. The van der Waals surface area contributed by atoms with Gasteiger partial charge in [-0.25, -0.2) is 9.18 Å². The van der Waals surface area contributed by atoms with Gasteiger partial charge >= 0.3 is 5.97 Å². The fourth-order valence-corrected chi connectivity index (χ4v) is 3.22. The van der Waals surface area contributed by atoms with Crippen LogP contribution in [0.3, 0.4) is 0 Å². The smallest absolute Gasteiger partial charge is 0.337 e. The highest BCUT2D eigenvalue weighted by molar-refractivity contribution is 7.08. The van der Waals surface area contributed by atoms with Crippen molar-refractivity contribution in [3.63, 3.8) is 0 Å². The molecule has 2 aromatic carbocycles. The van der Waals surface area contributed by atoms with Crippen molar-refractivity contribution in [2.75, 3.05) is 7.11 Å². The number of esters is 1. The Hall–Kier alpha value is -2.72. The summed E-state index contributed by atoms with van der Waals surface area (Å²) < 4.78 is 18.3. The van der Waals surface area contributed by atoms with Crippen molar-refractivity contribution in [2.45, 2.75) is 6.92 Å². The lowest BCUT2D eigenvalue weighted by molar-refractivity contribution is 0.0600. The molecule has 0 unspecified atom stereocenters. The van der Waals surface area contributed by atoms with E-state index in [1.54, 1.807) is 36.5 Å². The molecule has 0 radical (unpaired) electrons. The third-order valence-corrected chi connectivity index (χ3v) is 4.63. The highest BCUT2D eigenvalue weighted by atomic mass is 32.1. The van der Waals surface area contributed by atoms with E-state index in [-0.39, 0.29) is 11.8 Å². The number of carbonyl (C=O) groups is 1. The van der Waals surface area contributed by atoms with Crippen molar-refractivity contribution in [3.8, 4) is 0 Å². The number of benzene rings is 2. The van der Waals surface area contributed by atoms with Gasteiger partial charge in [0.2, 0.25) is 0 Å². The molecule has 2 nitrogen and oxygen atoms in total. The van der Waals surface area contributed by atoms with E-state index in [0.29, 0.717) is 11.1 Å². The molecule has 0 aliphatic carbocycles. The van der Waals surface area contributed by atoms with Gasteiger partial charge in [-0.1, -0.05) is 18.2 Å². The summed E-state index contributed by atoms with van der Waals surface area (Å²) in [5, 5.41) is 4.08. The number of thiophene rings is 1. The standard InChI is InChI=1S/C21H17FO2S/c1-14-11-17(7-8-20(14)22)19(18-9-10-25-13-18)12-15-3-5-16(6-4-15)21(23)24-2/h3-13H,1-2H3/b19-12-. The van der Waals surface area contributed by atoms with Crippen LogP contribution in [0.2, 0.25) is 0 Å². The largest absolute Gasteiger partial charge is 0.465 e. The van der Waals surface area contributed by atoms with Gasteiger partial charge in [-0.05, 0) is 81.9 Å². The van der Waals surface area contributed by atoms with Gasteiger partial charge < -0.3 is 4.74 Å². The van der Waals surface area contributed by atoms with Crippen LogP contribution >= 0.6 is 11.3 Å². The summed E-state index contributed by atoms with van der Waals surface area (Å²) in [6, 6.07) is 14.4. The van der Waals surface area contributed by atoms with Crippen LogP contribution in [0.5, 0.6) is 0 Å². The summed E-state index contributed by atoms with van der Waals surface area (Å²) in [5.41, 5.74) is 5.11. The second kappa shape index (κ2) is 7.45. The SMILES string of the molecule is COC(=O)c1ccc(/C=C(\c2ccsc2)c2ccc(F)c(C)c2)cc1. The van der Waals surface area contributed by atoms with Crippen LogP contribution in [0.15, 0.2) is 59.3 Å². The lowest BCUT2D eigenvalue weighted by atomic mass is 9.96. The molecule has 126 valence electrons. The van der Waals surface area contributed by atoms with E-state index in [4.69, 9.17) is 4.74 Å². The lowest BCUT2D eigenvalue weighted by Gasteiger charge is -2.09. The highest BCUT2D eigenvalue weighted by Crippen LogP contribution is 2.29. The van der Waals surface area contributed by atoms with Crippen LogP contribution in [0, 0.1) is 12.7 Å². The summed E-state index contributed by atoms with van der Waals surface area (Å²) in [5.74, 6) is -0.571. The minimum Gasteiger partial charge on any atom is -0.465 e. The first-order chi connectivity index (χ1) is 12.1. The normalized spacial score (nSPS) is 11.4. The van der Waals surface area contributed by atoms with Crippen molar-refractivity contribution in [1.82, 2.24) is 0 Å². The number of carbonyl (C=O) groups excluding carboxylic acids is 1. The van der Waals surface area contributed by atoms with E-state index in [1.807, 2.05) is 35.7 Å². The number of hydrogen-bond donors (Lipinski definition) is 0. The third-order valence-electron chi connectivity index (χ3n) is 3.94. The van der Waals surface area contributed by atoms with Crippen LogP contribution in [-0.4, -0.2) is 13.1 Å². The zero-order chi connectivity index (χ0) is 17.8. The maximum atomic E-state index is 13.6. The second-order valence-corrected chi connectivity index (χ2v) is 6.43. The maximum Gasteiger partial charge on any atom is 0.337 e. The first-order valence-corrected chi connectivity index (χ1v) is 8.72. The number of methoxy groups -OCH3 is 1. The lowest BCUT2D eigenvalue weighted by Crippen LogP contribution is -2.00. The topological polar surface area (TPSA) is 26.3 Å². The number of aryl methyl sites for hydroxylation is 1. The van der Waals surface area contributed by atoms with Crippen LogP contribution in [0.25, 0.3) is 11.6 Å². The van der Waals surface area contributed by atoms with Crippen molar-refractivity contribution < 1.29 is 13.9 Å². The molecule has 4 heteroatoms. The number of rotatable bonds is 4. The van der Waals surface area contributed by atoms with E-state index in [2.05, 4.69) is 5.38 Å². The Labute approximate surface area is 150 Å². The maximum absolute atomic E-state index is 13.6. The second-order valence-electron chi connectivity index (χ2n) is 5.65. The third kappa shape index (κ3) is 3.86. The molecule has 0 saturated heterocycles. The molecule has 0 bridgehead atoms. The molecule has 0 saturated carbocycles. The van der Waals surface area contributed by atoms with Gasteiger partial charge in [0.25, 0.3) is 0 Å². The van der Waals surface area contributed by atoms with E-state index in [1.165, 1.54) is 13.2 Å². The van der Waals surface area contributed by atoms with Gasteiger partial charge in [-0.3, -0.25) is 0 Å². The quantitative estimate of drug-likeness (QED) is 0.453. The van der Waals surface area contributed by atoms with E-state index in [9.17, 15) is 9.18 Å². The van der Waals surface area contributed by atoms with Gasteiger partial charge in [0.1, 0.15) is 5.82 Å².